The lowest BCUT2D eigenvalue weighted by atomic mass is 10.0. The lowest BCUT2D eigenvalue weighted by molar-refractivity contribution is -0.150. The molecular formula is C24H30N2O5. The summed E-state index contributed by atoms with van der Waals surface area (Å²) in [6.07, 6.45) is 0. The number of amides is 2. The van der Waals surface area contributed by atoms with Gasteiger partial charge in [0.25, 0.3) is 11.8 Å². The van der Waals surface area contributed by atoms with Crippen LogP contribution in [0.4, 0.5) is 5.69 Å². The van der Waals surface area contributed by atoms with Crippen molar-refractivity contribution in [2.75, 3.05) is 19.0 Å². The number of benzene rings is 2. The molecule has 31 heavy (non-hydrogen) atoms. The molecule has 0 aliphatic carbocycles. The van der Waals surface area contributed by atoms with Crippen molar-refractivity contribution in [3.05, 3.63) is 59.7 Å². The van der Waals surface area contributed by atoms with Crippen LogP contribution in [0, 0.1) is 5.92 Å². The summed E-state index contributed by atoms with van der Waals surface area (Å²) in [5.41, 5.74) is 2.09. The topological polar surface area (TPSA) is 93.7 Å². The number of ether oxygens (including phenoxy) is 2. The monoisotopic (exact) mass is 426 g/mol. The van der Waals surface area contributed by atoms with Gasteiger partial charge in [0.1, 0.15) is 11.8 Å². The summed E-state index contributed by atoms with van der Waals surface area (Å²) in [4.78, 5) is 37.3. The molecule has 0 fully saturated rings. The molecule has 0 radical (unpaired) electrons. The molecule has 2 aromatic rings. The molecule has 0 aliphatic rings. The highest BCUT2D eigenvalue weighted by Gasteiger charge is 2.27. The first-order chi connectivity index (χ1) is 14.7. The van der Waals surface area contributed by atoms with Gasteiger partial charge in [-0.25, -0.2) is 4.79 Å². The summed E-state index contributed by atoms with van der Waals surface area (Å²) in [6, 6.07) is 13.3. The number of carbonyl (C=O) groups excluding carboxylic acids is 3. The van der Waals surface area contributed by atoms with Crippen molar-refractivity contribution in [1.29, 1.82) is 0 Å². The Morgan fingerprint density at radius 2 is 1.58 bits per heavy atom. The van der Waals surface area contributed by atoms with Crippen LogP contribution in [0.25, 0.3) is 0 Å². The van der Waals surface area contributed by atoms with E-state index in [1.54, 1.807) is 50.2 Å². The smallest absolute Gasteiger partial charge is 0.329 e. The predicted molar refractivity (Wildman–Crippen MR) is 119 cm³/mol. The van der Waals surface area contributed by atoms with Crippen molar-refractivity contribution >= 4 is 23.5 Å². The second kappa shape index (κ2) is 11.2. The first kappa shape index (κ1) is 23.9. The van der Waals surface area contributed by atoms with E-state index in [-0.39, 0.29) is 5.92 Å². The van der Waals surface area contributed by atoms with Crippen molar-refractivity contribution in [1.82, 2.24) is 5.32 Å². The number of rotatable bonds is 9. The second-order valence-electron chi connectivity index (χ2n) is 7.83. The minimum atomic E-state index is -0.907. The fourth-order valence-electron chi connectivity index (χ4n) is 2.92. The Morgan fingerprint density at radius 1 is 0.935 bits per heavy atom. The molecule has 7 nitrogen and oxygen atoms in total. The van der Waals surface area contributed by atoms with Crippen LogP contribution in [-0.4, -0.2) is 37.5 Å². The molecule has 1 atom stereocenters. The van der Waals surface area contributed by atoms with Gasteiger partial charge in [0.15, 0.2) is 6.61 Å². The minimum absolute atomic E-state index is 0.238. The van der Waals surface area contributed by atoms with E-state index >= 15 is 0 Å². The number of esters is 1. The third kappa shape index (κ3) is 6.84. The molecule has 0 unspecified atom stereocenters. The molecule has 2 N–H and O–H groups in total. The van der Waals surface area contributed by atoms with Crippen LogP contribution in [0.1, 0.15) is 49.5 Å². The molecule has 7 heteroatoms. The molecule has 0 spiro atoms. The Bertz CT molecular complexity index is 906. The number of para-hydroxylation sites is 1. The van der Waals surface area contributed by atoms with E-state index in [1.165, 1.54) is 7.11 Å². The van der Waals surface area contributed by atoms with Crippen molar-refractivity contribution in [2.24, 2.45) is 5.92 Å². The molecule has 0 aromatic heterocycles. The molecule has 0 aliphatic heterocycles. The average molecular weight is 427 g/mol. The molecule has 0 bridgehead atoms. The first-order valence-electron chi connectivity index (χ1n) is 10.2. The van der Waals surface area contributed by atoms with Crippen LogP contribution in [0.3, 0.4) is 0 Å². The Hall–Kier alpha value is -3.35. The first-order valence-corrected chi connectivity index (χ1v) is 10.2. The van der Waals surface area contributed by atoms with Gasteiger partial charge < -0.3 is 20.1 Å². The molecule has 0 saturated heterocycles. The maximum Gasteiger partial charge on any atom is 0.329 e. The standard InChI is InChI=1S/C24H30N2O5/c1-15(2)17-10-12-18(13-11-17)25-21(27)14-31-24(29)22(16(3)4)26-23(28)19-8-6-7-9-20(19)30-5/h6-13,15-16,22H,14H2,1-5H3,(H,25,27)(H,26,28)/t22-/m0/s1. The van der Waals surface area contributed by atoms with Gasteiger partial charge in [-0.1, -0.05) is 52.0 Å². The van der Waals surface area contributed by atoms with Gasteiger partial charge in [0.2, 0.25) is 0 Å². The lowest BCUT2D eigenvalue weighted by Crippen LogP contribution is -2.46. The Balaban J connectivity index is 1.94. The van der Waals surface area contributed by atoms with Crippen LogP contribution < -0.4 is 15.4 Å². The largest absolute Gasteiger partial charge is 0.496 e. The van der Waals surface area contributed by atoms with Gasteiger partial charge in [0.05, 0.1) is 12.7 Å². The van der Waals surface area contributed by atoms with Crippen LogP contribution >= 0.6 is 0 Å². The quantitative estimate of drug-likeness (QED) is 0.596. The number of nitrogens with one attached hydrogen (secondary N) is 2. The fourth-order valence-corrected chi connectivity index (χ4v) is 2.92. The van der Waals surface area contributed by atoms with E-state index < -0.39 is 30.4 Å². The number of hydrogen-bond donors (Lipinski definition) is 2. The van der Waals surface area contributed by atoms with Crippen LogP contribution in [-0.2, 0) is 14.3 Å². The zero-order valence-electron chi connectivity index (χ0n) is 18.6. The summed E-state index contributed by atoms with van der Waals surface area (Å²) >= 11 is 0. The van der Waals surface area contributed by atoms with Gasteiger partial charge in [-0.3, -0.25) is 9.59 Å². The Morgan fingerprint density at radius 3 is 2.16 bits per heavy atom. The van der Waals surface area contributed by atoms with Gasteiger partial charge in [-0.15, -0.1) is 0 Å². The molecule has 2 rings (SSSR count). The Kier molecular flexibility index (Phi) is 8.61. The maximum absolute atomic E-state index is 12.6. The highest BCUT2D eigenvalue weighted by atomic mass is 16.5. The predicted octanol–water partition coefficient (Wildman–Crippen LogP) is 3.75. The number of methoxy groups -OCH3 is 1. The maximum atomic E-state index is 12.6. The minimum Gasteiger partial charge on any atom is -0.496 e. The molecule has 166 valence electrons. The van der Waals surface area contributed by atoms with Crippen LogP contribution in [0.2, 0.25) is 0 Å². The second-order valence-corrected chi connectivity index (χ2v) is 7.83. The van der Waals surface area contributed by atoms with Crippen molar-refractivity contribution < 1.29 is 23.9 Å². The van der Waals surface area contributed by atoms with Gasteiger partial charge >= 0.3 is 5.97 Å². The third-order valence-electron chi connectivity index (χ3n) is 4.77. The van der Waals surface area contributed by atoms with Crippen LogP contribution in [0.15, 0.2) is 48.5 Å². The summed E-state index contributed by atoms with van der Waals surface area (Å²) in [7, 11) is 1.47. The van der Waals surface area contributed by atoms with E-state index in [2.05, 4.69) is 24.5 Å². The number of anilines is 1. The molecule has 0 heterocycles. The van der Waals surface area contributed by atoms with E-state index in [4.69, 9.17) is 9.47 Å². The third-order valence-corrected chi connectivity index (χ3v) is 4.77. The molecule has 0 saturated carbocycles. The Labute approximate surface area is 183 Å². The van der Waals surface area contributed by atoms with Crippen LogP contribution in [0.5, 0.6) is 5.75 Å². The van der Waals surface area contributed by atoms with E-state index in [0.29, 0.717) is 22.9 Å². The van der Waals surface area contributed by atoms with E-state index in [0.717, 1.165) is 5.56 Å². The molecule has 2 amide bonds. The van der Waals surface area contributed by atoms with Crippen molar-refractivity contribution in [3.63, 3.8) is 0 Å². The normalized spacial score (nSPS) is 11.7. The SMILES string of the molecule is COc1ccccc1C(=O)N[C@H](C(=O)OCC(=O)Nc1ccc(C(C)C)cc1)C(C)C. The number of carbonyl (C=O) groups is 3. The van der Waals surface area contributed by atoms with E-state index in [9.17, 15) is 14.4 Å². The van der Waals surface area contributed by atoms with Crippen molar-refractivity contribution in [3.8, 4) is 5.75 Å². The summed E-state index contributed by atoms with van der Waals surface area (Å²) in [6.45, 7) is 7.30. The van der Waals surface area contributed by atoms with Gasteiger partial charge in [-0.2, -0.15) is 0 Å². The number of hydrogen-bond acceptors (Lipinski definition) is 5. The zero-order valence-corrected chi connectivity index (χ0v) is 18.6. The highest BCUT2D eigenvalue weighted by Crippen LogP contribution is 2.18. The summed E-state index contributed by atoms with van der Waals surface area (Å²) < 4.78 is 10.4. The zero-order chi connectivity index (χ0) is 23.0. The van der Waals surface area contributed by atoms with E-state index in [1.807, 2.05) is 12.1 Å². The molecule has 2 aromatic carbocycles. The summed E-state index contributed by atoms with van der Waals surface area (Å²) in [5, 5.41) is 5.37. The lowest BCUT2D eigenvalue weighted by Gasteiger charge is -2.21. The molecular weight excluding hydrogens is 396 g/mol. The van der Waals surface area contributed by atoms with Crippen molar-refractivity contribution in [2.45, 2.75) is 39.7 Å². The highest BCUT2D eigenvalue weighted by molar-refractivity contribution is 5.99. The summed E-state index contributed by atoms with van der Waals surface area (Å²) in [5.74, 6) is -1.03. The average Bonchev–Trinajstić information content (AvgIpc) is 2.75. The fraction of sp³-hybridized carbons (Fsp3) is 0.375. The van der Waals surface area contributed by atoms with Gasteiger partial charge in [0, 0.05) is 5.69 Å². The van der Waals surface area contributed by atoms with Gasteiger partial charge in [-0.05, 0) is 41.7 Å².